The van der Waals surface area contributed by atoms with Crippen molar-refractivity contribution in [3.8, 4) is 5.82 Å². The van der Waals surface area contributed by atoms with E-state index in [0.717, 1.165) is 55.7 Å². The maximum Gasteiger partial charge on any atom is 0.159 e. The van der Waals surface area contributed by atoms with Gasteiger partial charge in [0.1, 0.15) is 12.1 Å². The number of likely N-dealkylation sites (tertiary alicyclic amines) is 1. The minimum Gasteiger partial charge on any atom is -0.356 e. The lowest BCUT2D eigenvalue weighted by molar-refractivity contribution is 0.308. The van der Waals surface area contributed by atoms with Crippen LogP contribution in [-0.2, 0) is 6.54 Å². The average molecular weight is 375 g/mol. The predicted octanol–water partition coefficient (Wildman–Crippen LogP) is 2.24. The Morgan fingerprint density at radius 1 is 1.00 bits per heavy atom. The Hall–Kier alpha value is -2.80. The van der Waals surface area contributed by atoms with E-state index in [1.54, 1.807) is 6.33 Å². The standard InChI is InChI=1S/C21H25N7/c1-15-6-16(2)28(25-15)21-7-20(23-14-24-21)27-12-18-10-26(11-19(18)13-27)9-17-4-3-5-22-8-17/h3-8,14,18-19H,9-13H2,1-2H3. The van der Waals surface area contributed by atoms with Gasteiger partial charge in [0, 0.05) is 56.9 Å². The number of hydrogen-bond acceptors (Lipinski definition) is 6. The van der Waals surface area contributed by atoms with Gasteiger partial charge in [0.15, 0.2) is 5.82 Å². The fraction of sp³-hybridized carbons (Fsp3) is 0.429. The number of pyridine rings is 1. The fourth-order valence-corrected chi connectivity index (χ4v) is 4.64. The Balaban J connectivity index is 1.27. The van der Waals surface area contributed by atoms with Gasteiger partial charge in [-0.2, -0.15) is 5.10 Å². The second-order valence-corrected chi connectivity index (χ2v) is 8.05. The minimum absolute atomic E-state index is 0.698. The van der Waals surface area contributed by atoms with Crippen molar-refractivity contribution in [3.05, 3.63) is 59.9 Å². The summed E-state index contributed by atoms with van der Waals surface area (Å²) < 4.78 is 1.90. The molecule has 0 aromatic carbocycles. The monoisotopic (exact) mass is 375 g/mol. The third-order valence-electron chi connectivity index (χ3n) is 5.88. The van der Waals surface area contributed by atoms with E-state index in [-0.39, 0.29) is 0 Å². The second-order valence-electron chi connectivity index (χ2n) is 8.05. The van der Waals surface area contributed by atoms with Gasteiger partial charge in [-0.05, 0) is 43.4 Å². The molecule has 0 aliphatic carbocycles. The van der Waals surface area contributed by atoms with Gasteiger partial charge in [0.25, 0.3) is 0 Å². The second kappa shape index (κ2) is 6.98. The number of aryl methyl sites for hydroxylation is 2. The van der Waals surface area contributed by atoms with Crippen molar-refractivity contribution in [3.63, 3.8) is 0 Å². The highest BCUT2D eigenvalue weighted by Gasteiger charge is 2.40. The number of nitrogens with zero attached hydrogens (tertiary/aromatic N) is 7. The molecule has 2 aliphatic rings. The summed E-state index contributed by atoms with van der Waals surface area (Å²) in [5.41, 5.74) is 3.39. The van der Waals surface area contributed by atoms with Crippen LogP contribution in [0.2, 0.25) is 0 Å². The molecule has 3 aromatic rings. The number of rotatable bonds is 4. The molecule has 0 spiro atoms. The topological polar surface area (TPSA) is 63.0 Å². The zero-order valence-electron chi connectivity index (χ0n) is 16.4. The zero-order valence-corrected chi connectivity index (χ0v) is 16.4. The molecule has 2 atom stereocenters. The molecule has 0 radical (unpaired) electrons. The van der Waals surface area contributed by atoms with Crippen molar-refractivity contribution >= 4 is 5.82 Å². The van der Waals surface area contributed by atoms with Gasteiger partial charge in [-0.15, -0.1) is 0 Å². The molecule has 7 heteroatoms. The summed E-state index contributed by atoms with van der Waals surface area (Å²) in [6.45, 7) is 9.46. The molecule has 0 N–H and O–H groups in total. The van der Waals surface area contributed by atoms with Gasteiger partial charge in [0.05, 0.1) is 5.69 Å². The molecule has 0 amide bonds. The van der Waals surface area contributed by atoms with Crippen LogP contribution in [0.3, 0.4) is 0 Å². The maximum atomic E-state index is 4.55. The Bertz CT molecular complexity index is 954. The van der Waals surface area contributed by atoms with Gasteiger partial charge < -0.3 is 4.90 Å². The number of fused-ring (bicyclic) bond motifs is 1. The highest BCUT2D eigenvalue weighted by molar-refractivity contribution is 5.45. The minimum atomic E-state index is 0.698. The van der Waals surface area contributed by atoms with Crippen molar-refractivity contribution in [2.75, 3.05) is 31.1 Å². The molecule has 2 saturated heterocycles. The van der Waals surface area contributed by atoms with E-state index in [1.165, 1.54) is 5.56 Å². The Kier molecular flexibility index (Phi) is 4.31. The normalized spacial score (nSPS) is 22.0. The van der Waals surface area contributed by atoms with E-state index < -0.39 is 0 Å². The van der Waals surface area contributed by atoms with Gasteiger partial charge >= 0.3 is 0 Å². The largest absolute Gasteiger partial charge is 0.356 e. The summed E-state index contributed by atoms with van der Waals surface area (Å²) in [5, 5.41) is 4.55. The first-order valence-corrected chi connectivity index (χ1v) is 9.87. The van der Waals surface area contributed by atoms with E-state index in [0.29, 0.717) is 11.8 Å². The molecular formula is C21H25N7. The van der Waals surface area contributed by atoms with E-state index in [4.69, 9.17) is 0 Å². The van der Waals surface area contributed by atoms with Crippen molar-refractivity contribution < 1.29 is 0 Å². The third-order valence-corrected chi connectivity index (χ3v) is 5.88. The van der Waals surface area contributed by atoms with Crippen LogP contribution in [0.25, 0.3) is 5.82 Å². The van der Waals surface area contributed by atoms with E-state index in [1.807, 2.05) is 30.1 Å². The van der Waals surface area contributed by atoms with Crippen LogP contribution in [0.1, 0.15) is 17.0 Å². The van der Waals surface area contributed by atoms with Gasteiger partial charge in [-0.3, -0.25) is 9.88 Å². The van der Waals surface area contributed by atoms with Crippen molar-refractivity contribution in [1.82, 2.24) is 29.6 Å². The van der Waals surface area contributed by atoms with Crippen molar-refractivity contribution in [2.24, 2.45) is 11.8 Å². The first-order valence-electron chi connectivity index (χ1n) is 9.87. The van der Waals surface area contributed by atoms with Gasteiger partial charge in [0.2, 0.25) is 0 Å². The number of hydrogen-bond donors (Lipinski definition) is 0. The molecule has 0 saturated carbocycles. The quantitative estimate of drug-likeness (QED) is 0.697. The molecule has 2 aliphatic heterocycles. The lowest BCUT2D eigenvalue weighted by atomic mass is 10.0. The Morgan fingerprint density at radius 2 is 1.79 bits per heavy atom. The predicted molar refractivity (Wildman–Crippen MR) is 107 cm³/mol. The Labute approximate surface area is 165 Å². The molecule has 2 fully saturated rings. The molecule has 0 bridgehead atoms. The van der Waals surface area contributed by atoms with Crippen LogP contribution in [0.5, 0.6) is 0 Å². The molecular weight excluding hydrogens is 350 g/mol. The number of anilines is 1. The van der Waals surface area contributed by atoms with Crippen molar-refractivity contribution in [1.29, 1.82) is 0 Å². The highest BCUT2D eigenvalue weighted by Crippen LogP contribution is 2.34. The first-order chi connectivity index (χ1) is 13.7. The summed E-state index contributed by atoms with van der Waals surface area (Å²) in [5.74, 6) is 3.24. The molecule has 2 unspecified atom stereocenters. The Morgan fingerprint density at radius 3 is 2.46 bits per heavy atom. The molecule has 144 valence electrons. The van der Waals surface area contributed by atoms with E-state index in [2.05, 4.69) is 55.0 Å². The lowest BCUT2D eigenvalue weighted by Crippen LogP contribution is -2.29. The summed E-state index contributed by atoms with van der Waals surface area (Å²) >= 11 is 0. The van der Waals surface area contributed by atoms with Crippen LogP contribution in [0, 0.1) is 25.7 Å². The average Bonchev–Trinajstić information content (AvgIpc) is 3.35. The van der Waals surface area contributed by atoms with Crippen LogP contribution in [0.4, 0.5) is 5.82 Å². The SMILES string of the molecule is Cc1cc(C)n(-c2cc(N3CC4CN(Cc5cccnc5)CC4C3)ncn2)n1. The summed E-state index contributed by atoms with van der Waals surface area (Å²) in [4.78, 5) is 18.2. The lowest BCUT2D eigenvalue weighted by Gasteiger charge is -2.22. The van der Waals surface area contributed by atoms with E-state index >= 15 is 0 Å². The van der Waals surface area contributed by atoms with Crippen LogP contribution >= 0.6 is 0 Å². The van der Waals surface area contributed by atoms with Gasteiger partial charge in [-0.1, -0.05) is 6.07 Å². The molecule has 7 nitrogen and oxygen atoms in total. The van der Waals surface area contributed by atoms with Crippen LogP contribution < -0.4 is 4.90 Å². The zero-order chi connectivity index (χ0) is 19.1. The molecule has 5 rings (SSSR count). The molecule has 28 heavy (non-hydrogen) atoms. The summed E-state index contributed by atoms with van der Waals surface area (Å²) in [6, 6.07) is 8.31. The van der Waals surface area contributed by atoms with E-state index in [9.17, 15) is 0 Å². The maximum absolute atomic E-state index is 4.55. The number of aromatic nitrogens is 5. The van der Waals surface area contributed by atoms with Crippen molar-refractivity contribution in [2.45, 2.75) is 20.4 Å². The third kappa shape index (κ3) is 3.26. The molecule has 3 aromatic heterocycles. The summed E-state index contributed by atoms with van der Waals surface area (Å²) in [7, 11) is 0. The first kappa shape index (κ1) is 17.3. The smallest absolute Gasteiger partial charge is 0.159 e. The molecule has 5 heterocycles. The van der Waals surface area contributed by atoms with Gasteiger partial charge in [-0.25, -0.2) is 14.6 Å². The van der Waals surface area contributed by atoms with Crippen LogP contribution in [0.15, 0.2) is 43.0 Å². The fourth-order valence-electron chi connectivity index (χ4n) is 4.64. The highest BCUT2D eigenvalue weighted by atomic mass is 15.3. The van der Waals surface area contributed by atoms with Crippen LogP contribution in [-0.4, -0.2) is 55.8 Å². The summed E-state index contributed by atoms with van der Waals surface area (Å²) in [6.07, 6.45) is 5.47.